The summed E-state index contributed by atoms with van der Waals surface area (Å²) < 4.78 is 0. The van der Waals surface area contributed by atoms with E-state index in [9.17, 15) is 4.79 Å². The molecule has 19 heavy (non-hydrogen) atoms. The number of hydrogen-bond donors (Lipinski definition) is 2. The van der Waals surface area contributed by atoms with Crippen molar-refractivity contribution in [2.75, 3.05) is 12.8 Å². The highest BCUT2D eigenvalue weighted by Gasteiger charge is 2.11. The molecule has 0 aliphatic rings. The van der Waals surface area contributed by atoms with Gasteiger partial charge in [-0.3, -0.25) is 4.79 Å². The van der Waals surface area contributed by atoms with E-state index in [0.29, 0.717) is 12.5 Å². The molecule has 1 unspecified atom stereocenters. The van der Waals surface area contributed by atoms with Gasteiger partial charge in [0.15, 0.2) is 0 Å². The van der Waals surface area contributed by atoms with Gasteiger partial charge in [-0.2, -0.15) is 0 Å². The molecule has 3 nitrogen and oxygen atoms in total. The van der Waals surface area contributed by atoms with Crippen LogP contribution in [0.4, 0.5) is 0 Å². The Kier molecular flexibility index (Phi) is 6.95. The zero-order valence-electron chi connectivity index (χ0n) is 12.2. The molecular weight excluding hydrogens is 256 g/mol. The summed E-state index contributed by atoms with van der Waals surface area (Å²) >= 11 is 1.73. The Labute approximate surface area is 120 Å². The van der Waals surface area contributed by atoms with Crippen LogP contribution in [-0.4, -0.2) is 24.7 Å². The van der Waals surface area contributed by atoms with E-state index in [4.69, 9.17) is 0 Å². The first-order valence-corrected chi connectivity index (χ1v) is 7.89. The van der Waals surface area contributed by atoms with Crippen LogP contribution in [0.3, 0.4) is 0 Å². The third kappa shape index (κ3) is 6.12. The van der Waals surface area contributed by atoms with Crippen molar-refractivity contribution in [3.05, 3.63) is 29.8 Å². The lowest BCUT2D eigenvalue weighted by Gasteiger charge is -2.15. The average molecular weight is 280 g/mol. The van der Waals surface area contributed by atoms with Crippen molar-refractivity contribution >= 4 is 17.7 Å². The Morgan fingerprint density at radius 3 is 2.37 bits per heavy atom. The molecule has 0 aliphatic carbocycles. The van der Waals surface area contributed by atoms with Crippen molar-refractivity contribution in [3.8, 4) is 0 Å². The molecule has 1 amide bonds. The minimum Gasteiger partial charge on any atom is -0.354 e. The van der Waals surface area contributed by atoms with Crippen molar-refractivity contribution in [3.63, 3.8) is 0 Å². The van der Waals surface area contributed by atoms with Crippen molar-refractivity contribution in [2.45, 2.75) is 38.3 Å². The second kappa shape index (κ2) is 8.23. The third-order valence-corrected chi connectivity index (χ3v) is 3.59. The first-order chi connectivity index (χ1) is 9.02. The normalized spacial score (nSPS) is 12.5. The fraction of sp³-hybridized carbons (Fsp3) is 0.533. The summed E-state index contributed by atoms with van der Waals surface area (Å²) in [6.07, 6.45) is 2.06. The van der Waals surface area contributed by atoms with Gasteiger partial charge >= 0.3 is 0 Å². The Morgan fingerprint density at radius 1 is 1.21 bits per heavy atom. The zero-order chi connectivity index (χ0) is 14.3. The minimum absolute atomic E-state index is 0.0643. The molecule has 0 radical (unpaired) electrons. The second-order valence-corrected chi connectivity index (χ2v) is 5.97. The van der Waals surface area contributed by atoms with Crippen LogP contribution >= 0.6 is 11.8 Å². The zero-order valence-corrected chi connectivity index (χ0v) is 13.0. The second-order valence-electron chi connectivity index (χ2n) is 5.09. The van der Waals surface area contributed by atoms with Crippen LogP contribution in [0.5, 0.6) is 0 Å². The third-order valence-electron chi connectivity index (χ3n) is 2.85. The van der Waals surface area contributed by atoms with Gasteiger partial charge in [-0.05, 0) is 36.8 Å². The number of benzene rings is 1. The van der Waals surface area contributed by atoms with Crippen molar-refractivity contribution < 1.29 is 4.79 Å². The van der Waals surface area contributed by atoms with E-state index < -0.39 is 0 Å². The molecular formula is C15H24N2OS. The molecule has 1 atom stereocenters. The van der Waals surface area contributed by atoms with Gasteiger partial charge in [0, 0.05) is 18.0 Å². The highest BCUT2D eigenvalue weighted by atomic mass is 32.2. The molecule has 1 aromatic carbocycles. The monoisotopic (exact) mass is 280 g/mol. The molecule has 1 aromatic rings. The van der Waals surface area contributed by atoms with Gasteiger partial charge in [-0.25, -0.2) is 0 Å². The van der Waals surface area contributed by atoms with Crippen LogP contribution in [0.2, 0.25) is 0 Å². The van der Waals surface area contributed by atoms with E-state index in [1.54, 1.807) is 11.8 Å². The number of nitrogens with one attached hydrogen (secondary N) is 2. The predicted octanol–water partition coefficient (Wildman–Crippen LogP) is 2.66. The number of amides is 1. The van der Waals surface area contributed by atoms with Gasteiger partial charge in [-0.15, -0.1) is 11.8 Å². The van der Waals surface area contributed by atoms with Crippen molar-refractivity contribution in [2.24, 2.45) is 5.92 Å². The van der Waals surface area contributed by atoms with E-state index in [0.717, 1.165) is 6.54 Å². The molecule has 0 heterocycles. The van der Waals surface area contributed by atoms with Crippen LogP contribution in [-0.2, 0) is 11.3 Å². The van der Waals surface area contributed by atoms with Crippen LogP contribution in [0, 0.1) is 5.92 Å². The maximum absolute atomic E-state index is 11.8. The number of rotatable bonds is 7. The molecule has 2 N–H and O–H groups in total. The lowest BCUT2D eigenvalue weighted by Crippen LogP contribution is -2.42. The summed E-state index contributed by atoms with van der Waals surface area (Å²) in [4.78, 5) is 13.0. The predicted molar refractivity (Wildman–Crippen MR) is 82.4 cm³/mol. The van der Waals surface area contributed by atoms with Gasteiger partial charge < -0.3 is 10.6 Å². The van der Waals surface area contributed by atoms with Crippen molar-refractivity contribution in [1.82, 2.24) is 10.6 Å². The molecule has 0 saturated carbocycles. The van der Waals surface area contributed by atoms with E-state index in [2.05, 4.69) is 55.0 Å². The number of thioether (sulfide) groups is 1. The standard InChI is InChI=1S/C15H24N2OS/c1-11(2)9-17-15(18)12(3)16-10-13-5-7-14(19-4)8-6-13/h5-8,11-12,16H,9-10H2,1-4H3,(H,17,18). The SMILES string of the molecule is CSc1ccc(CNC(C)C(=O)NCC(C)C)cc1. The lowest BCUT2D eigenvalue weighted by molar-refractivity contribution is -0.122. The van der Waals surface area contributed by atoms with Crippen molar-refractivity contribution in [1.29, 1.82) is 0 Å². The summed E-state index contributed by atoms with van der Waals surface area (Å²) in [5, 5.41) is 6.17. The molecule has 0 spiro atoms. The fourth-order valence-electron chi connectivity index (χ4n) is 1.56. The number of hydrogen-bond acceptors (Lipinski definition) is 3. The topological polar surface area (TPSA) is 41.1 Å². The van der Waals surface area contributed by atoms with Gasteiger partial charge in [0.2, 0.25) is 5.91 Å². The number of carbonyl (C=O) groups is 1. The molecule has 0 aromatic heterocycles. The van der Waals surface area contributed by atoms with E-state index in [-0.39, 0.29) is 11.9 Å². The van der Waals surface area contributed by atoms with E-state index in [1.807, 2.05) is 6.92 Å². The average Bonchev–Trinajstić information content (AvgIpc) is 2.42. The molecule has 4 heteroatoms. The van der Waals surface area contributed by atoms with Gasteiger partial charge in [0.1, 0.15) is 0 Å². The summed E-state index contributed by atoms with van der Waals surface area (Å²) in [5.41, 5.74) is 1.20. The van der Waals surface area contributed by atoms with E-state index in [1.165, 1.54) is 10.5 Å². The highest BCUT2D eigenvalue weighted by molar-refractivity contribution is 7.98. The molecule has 1 rings (SSSR count). The number of carbonyl (C=O) groups excluding carboxylic acids is 1. The molecule has 0 bridgehead atoms. The van der Waals surface area contributed by atoms with Gasteiger partial charge in [-0.1, -0.05) is 26.0 Å². The highest BCUT2D eigenvalue weighted by Crippen LogP contribution is 2.14. The maximum Gasteiger partial charge on any atom is 0.236 e. The summed E-state index contributed by atoms with van der Waals surface area (Å²) in [5.74, 6) is 0.546. The summed E-state index contributed by atoms with van der Waals surface area (Å²) in [6.45, 7) is 7.52. The van der Waals surface area contributed by atoms with Gasteiger partial charge in [0.25, 0.3) is 0 Å². The van der Waals surface area contributed by atoms with Crippen LogP contribution in [0.1, 0.15) is 26.3 Å². The maximum atomic E-state index is 11.8. The van der Waals surface area contributed by atoms with Crippen LogP contribution in [0.15, 0.2) is 29.2 Å². The fourth-order valence-corrected chi connectivity index (χ4v) is 1.97. The van der Waals surface area contributed by atoms with Gasteiger partial charge in [0.05, 0.1) is 6.04 Å². The first-order valence-electron chi connectivity index (χ1n) is 6.67. The molecule has 0 fully saturated rings. The lowest BCUT2D eigenvalue weighted by atomic mass is 10.2. The summed E-state index contributed by atoms with van der Waals surface area (Å²) in [6, 6.07) is 8.23. The molecule has 0 aliphatic heterocycles. The van der Waals surface area contributed by atoms with Crippen LogP contribution < -0.4 is 10.6 Å². The largest absolute Gasteiger partial charge is 0.354 e. The Hall–Kier alpha value is -1.00. The Balaban J connectivity index is 2.36. The van der Waals surface area contributed by atoms with Crippen LogP contribution in [0.25, 0.3) is 0 Å². The smallest absolute Gasteiger partial charge is 0.236 e. The molecule has 0 saturated heterocycles. The minimum atomic E-state index is -0.168. The Morgan fingerprint density at radius 2 is 1.84 bits per heavy atom. The first kappa shape index (κ1) is 16.1. The van der Waals surface area contributed by atoms with E-state index >= 15 is 0 Å². The summed E-state index contributed by atoms with van der Waals surface area (Å²) in [7, 11) is 0. The Bertz CT molecular complexity index is 390. The quantitative estimate of drug-likeness (QED) is 0.755. The molecule has 106 valence electrons.